The van der Waals surface area contributed by atoms with Crippen molar-refractivity contribution in [3.63, 3.8) is 0 Å². The summed E-state index contributed by atoms with van der Waals surface area (Å²) in [5.41, 5.74) is 10.5. The summed E-state index contributed by atoms with van der Waals surface area (Å²) in [7, 11) is 0. The normalized spacial score (nSPS) is 12.0. The molecule has 0 aliphatic heterocycles. The van der Waals surface area contributed by atoms with Gasteiger partial charge in [-0.3, -0.25) is 4.79 Å². The molecule has 1 unspecified atom stereocenters. The number of nitrogens with two attached hydrogens (primary N) is 1. The van der Waals surface area contributed by atoms with Crippen molar-refractivity contribution in [2.75, 3.05) is 5.32 Å². The number of carbonyl (C=O) groups excluding carboxylic acids is 1. The molecule has 1 atom stereocenters. The van der Waals surface area contributed by atoms with Gasteiger partial charge in [-0.1, -0.05) is 18.2 Å². The Morgan fingerprint density at radius 3 is 2.10 bits per heavy atom. The van der Waals surface area contributed by atoms with Crippen molar-refractivity contribution in [3.05, 3.63) is 64.7 Å². The first-order chi connectivity index (χ1) is 9.45. The zero-order valence-electron chi connectivity index (χ0n) is 12.1. The summed E-state index contributed by atoms with van der Waals surface area (Å²) >= 11 is 0. The third kappa shape index (κ3) is 3.45. The molecule has 1 amide bonds. The summed E-state index contributed by atoms with van der Waals surface area (Å²) < 4.78 is 0. The molecule has 3 nitrogen and oxygen atoms in total. The summed E-state index contributed by atoms with van der Waals surface area (Å²) in [6.45, 7) is 5.95. The lowest BCUT2D eigenvalue weighted by Gasteiger charge is -2.09. The molecular formula is C17H20N2O. The maximum absolute atomic E-state index is 12.2. The number of hydrogen-bond acceptors (Lipinski definition) is 2. The molecule has 0 aliphatic rings. The van der Waals surface area contributed by atoms with E-state index in [0.717, 1.165) is 22.4 Å². The number of rotatable bonds is 3. The van der Waals surface area contributed by atoms with Crippen molar-refractivity contribution in [2.45, 2.75) is 26.8 Å². The molecule has 0 spiro atoms. The van der Waals surface area contributed by atoms with Gasteiger partial charge in [0.1, 0.15) is 0 Å². The highest BCUT2D eigenvalue weighted by molar-refractivity contribution is 6.04. The van der Waals surface area contributed by atoms with Gasteiger partial charge in [-0.2, -0.15) is 0 Å². The van der Waals surface area contributed by atoms with E-state index in [2.05, 4.69) is 11.4 Å². The predicted molar refractivity (Wildman–Crippen MR) is 82.9 cm³/mol. The van der Waals surface area contributed by atoms with E-state index in [9.17, 15) is 4.79 Å². The van der Waals surface area contributed by atoms with Crippen LogP contribution in [0.2, 0.25) is 0 Å². The number of amides is 1. The average Bonchev–Trinajstić information content (AvgIpc) is 2.37. The second-order valence-corrected chi connectivity index (χ2v) is 5.24. The molecule has 3 heteroatoms. The second-order valence-electron chi connectivity index (χ2n) is 5.24. The van der Waals surface area contributed by atoms with Crippen LogP contribution in [0.4, 0.5) is 5.69 Å². The van der Waals surface area contributed by atoms with Gasteiger partial charge in [-0.05, 0) is 61.7 Å². The Kier molecular flexibility index (Phi) is 4.20. The standard InChI is InChI=1S/C17H20N2O/c1-11-8-12(2)10-16(9-11)19-17(20)15-6-4-14(5-7-15)13(3)18/h4-10,13H,18H2,1-3H3,(H,19,20). The minimum Gasteiger partial charge on any atom is -0.324 e. The van der Waals surface area contributed by atoms with Gasteiger partial charge >= 0.3 is 0 Å². The smallest absolute Gasteiger partial charge is 0.255 e. The van der Waals surface area contributed by atoms with Crippen LogP contribution in [0.3, 0.4) is 0 Å². The number of nitrogens with one attached hydrogen (secondary N) is 1. The Morgan fingerprint density at radius 1 is 1.05 bits per heavy atom. The first-order valence-corrected chi connectivity index (χ1v) is 6.71. The molecule has 2 rings (SSSR count). The largest absolute Gasteiger partial charge is 0.324 e. The van der Waals surface area contributed by atoms with Gasteiger partial charge in [0.15, 0.2) is 0 Å². The molecule has 104 valence electrons. The van der Waals surface area contributed by atoms with E-state index in [1.54, 1.807) is 12.1 Å². The van der Waals surface area contributed by atoms with Gasteiger partial charge in [-0.15, -0.1) is 0 Å². The van der Waals surface area contributed by atoms with Crippen molar-refractivity contribution in [1.82, 2.24) is 0 Å². The van der Waals surface area contributed by atoms with Crippen LogP contribution in [0.1, 0.15) is 40.0 Å². The zero-order valence-corrected chi connectivity index (χ0v) is 12.1. The first-order valence-electron chi connectivity index (χ1n) is 6.71. The summed E-state index contributed by atoms with van der Waals surface area (Å²) in [6.07, 6.45) is 0. The number of aryl methyl sites for hydroxylation is 2. The lowest BCUT2D eigenvalue weighted by Crippen LogP contribution is -2.12. The van der Waals surface area contributed by atoms with E-state index < -0.39 is 0 Å². The SMILES string of the molecule is Cc1cc(C)cc(NC(=O)c2ccc(C(C)N)cc2)c1. The topological polar surface area (TPSA) is 55.1 Å². The quantitative estimate of drug-likeness (QED) is 0.894. The zero-order chi connectivity index (χ0) is 14.7. The van der Waals surface area contributed by atoms with Gasteiger partial charge in [0.25, 0.3) is 5.91 Å². The molecule has 2 aromatic rings. The van der Waals surface area contributed by atoms with E-state index in [-0.39, 0.29) is 11.9 Å². The van der Waals surface area contributed by atoms with E-state index in [4.69, 9.17) is 5.73 Å². The Hall–Kier alpha value is -2.13. The molecule has 20 heavy (non-hydrogen) atoms. The summed E-state index contributed by atoms with van der Waals surface area (Å²) in [6, 6.07) is 13.4. The fraction of sp³-hybridized carbons (Fsp3) is 0.235. The van der Waals surface area contributed by atoms with Crippen molar-refractivity contribution < 1.29 is 4.79 Å². The van der Waals surface area contributed by atoms with E-state index in [1.165, 1.54) is 0 Å². The van der Waals surface area contributed by atoms with Gasteiger partial charge in [-0.25, -0.2) is 0 Å². The Labute approximate surface area is 119 Å². The molecule has 0 aliphatic carbocycles. The fourth-order valence-electron chi connectivity index (χ4n) is 2.19. The molecule has 0 aromatic heterocycles. The van der Waals surface area contributed by atoms with Crippen molar-refractivity contribution >= 4 is 11.6 Å². The average molecular weight is 268 g/mol. The van der Waals surface area contributed by atoms with Crippen molar-refractivity contribution in [3.8, 4) is 0 Å². The highest BCUT2D eigenvalue weighted by Crippen LogP contribution is 2.16. The molecule has 0 heterocycles. The first kappa shape index (κ1) is 14.3. The van der Waals surface area contributed by atoms with Crippen LogP contribution in [0.15, 0.2) is 42.5 Å². The highest BCUT2D eigenvalue weighted by Gasteiger charge is 2.07. The number of anilines is 1. The van der Waals surface area contributed by atoms with E-state index in [1.807, 2.05) is 45.0 Å². The lowest BCUT2D eigenvalue weighted by atomic mass is 10.1. The number of benzene rings is 2. The number of hydrogen-bond donors (Lipinski definition) is 2. The molecular weight excluding hydrogens is 248 g/mol. The molecule has 0 bridgehead atoms. The van der Waals surface area contributed by atoms with Crippen LogP contribution in [-0.2, 0) is 0 Å². The van der Waals surface area contributed by atoms with E-state index >= 15 is 0 Å². The minimum absolute atomic E-state index is 0.0217. The summed E-state index contributed by atoms with van der Waals surface area (Å²) in [5.74, 6) is -0.105. The molecule has 0 radical (unpaired) electrons. The Morgan fingerprint density at radius 2 is 1.60 bits per heavy atom. The third-order valence-corrected chi connectivity index (χ3v) is 3.18. The van der Waals surface area contributed by atoms with Gasteiger partial charge in [0, 0.05) is 17.3 Å². The second kappa shape index (κ2) is 5.88. The highest BCUT2D eigenvalue weighted by atomic mass is 16.1. The molecule has 2 aromatic carbocycles. The molecule has 0 saturated heterocycles. The van der Waals surface area contributed by atoms with Gasteiger partial charge in [0.05, 0.1) is 0 Å². The van der Waals surface area contributed by atoms with Crippen LogP contribution in [0.5, 0.6) is 0 Å². The summed E-state index contributed by atoms with van der Waals surface area (Å²) in [4.78, 5) is 12.2. The molecule has 3 N–H and O–H groups in total. The van der Waals surface area contributed by atoms with Gasteiger partial charge in [0.2, 0.25) is 0 Å². The monoisotopic (exact) mass is 268 g/mol. The molecule has 0 saturated carbocycles. The maximum Gasteiger partial charge on any atom is 0.255 e. The van der Waals surface area contributed by atoms with Crippen molar-refractivity contribution in [1.29, 1.82) is 0 Å². The fourth-order valence-corrected chi connectivity index (χ4v) is 2.19. The minimum atomic E-state index is -0.105. The predicted octanol–water partition coefficient (Wildman–Crippen LogP) is 3.58. The molecule has 0 fully saturated rings. The van der Waals surface area contributed by atoms with Crippen LogP contribution in [-0.4, -0.2) is 5.91 Å². The van der Waals surface area contributed by atoms with Crippen LogP contribution in [0, 0.1) is 13.8 Å². The van der Waals surface area contributed by atoms with Crippen LogP contribution in [0.25, 0.3) is 0 Å². The van der Waals surface area contributed by atoms with Crippen LogP contribution >= 0.6 is 0 Å². The third-order valence-electron chi connectivity index (χ3n) is 3.18. The summed E-state index contributed by atoms with van der Waals surface area (Å²) in [5, 5.41) is 2.92. The van der Waals surface area contributed by atoms with Gasteiger partial charge < -0.3 is 11.1 Å². The van der Waals surface area contributed by atoms with E-state index in [0.29, 0.717) is 5.56 Å². The maximum atomic E-state index is 12.2. The van der Waals surface area contributed by atoms with Crippen LogP contribution < -0.4 is 11.1 Å². The Bertz CT molecular complexity index is 595. The number of carbonyl (C=O) groups is 1. The Balaban J connectivity index is 2.15. The lowest BCUT2D eigenvalue weighted by molar-refractivity contribution is 0.102. The van der Waals surface area contributed by atoms with Crippen molar-refractivity contribution in [2.24, 2.45) is 5.73 Å².